The van der Waals surface area contributed by atoms with Crippen molar-refractivity contribution in [3.63, 3.8) is 0 Å². The van der Waals surface area contributed by atoms with Crippen molar-refractivity contribution in [1.82, 2.24) is 4.90 Å². The number of nitrogens with zero attached hydrogens (tertiary/aromatic N) is 2. The van der Waals surface area contributed by atoms with E-state index < -0.39 is 5.97 Å². The number of halogens is 1. The zero-order valence-corrected chi connectivity index (χ0v) is 16.3. The quantitative estimate of drug-likeness (QED) is 0.742. The molecule has 0 radical (unpaired) electrons. The molecule has 3 rings (SSSR count). The maximum Gasteiger partial charge on any atom is 0.306 e. The summed E-state index contributed by atoms with van der Waals surface area (Å²) in [4.78, 5) is 14.2. The topological polar surface area (TPSA) is 64.9 Å². The first-order chi connectivity index (χ1) is 12.4. The summed E-state index contributed by atoms with van der Waals surface area (Å²) in [5.74, 6) is -1.04. The molecule has 2 N–H and O–H groups in total. The number of likely N-dealkylation sites (tertiary alicyclic amines) is 1. The molecular formula is C20H28ClN3O2. The average Bonchev–Trinajstić information content (AvgIpc) is 3.17. The highest BCUT2D eigenvalue weighted by Crippen LogP contribution is 2.42. The highest BCUT2D eigenvalue weighted by Gasteiger charge is 2.50. The Kier molecular flexibility index (Phi) is 5.88. The number of carboxylic acids is 1. The first-order valence-corrected chi connectivity index (χ1v) is 9.87. The lowest BCUT2D eigenvalue weighted by Gasteiger charge is -2.49. The predicted molar refractivity (Wildman–Crippen MR) is 106 cm³/mol. The average molecular weight is 378 g/mol. The molecule has 2 aliphatic rings. The minimum Gasteiger partial charge on any atom is -0.481 e. The van der Waals surface area contributed by atoms with Crippen LogP contribution in [0.2, 0.25) is 5.02 Å². The van der Waals surface area contributed by atoms with Crippen LogP contribution < -0.4 is 5.43 Å². The standard InChI is InChI=1S/C20H28ClN3O2/c1-14(19(25)26)17-6-5-7-18(20(17,2)24-12-3-4-13-24)23-22-16-10-8-15(21)9-11-16/h8-11,14,17,22H,3-7,12-13H2,1-2H3,(H,25,26)/b23-18+. The molecule has 5 nitrogen and oxygen atoms in total. The third-order valence-electron chi connectivity index (χ3n) is 6.16. The monoisotopic (exact) mass is 377 g/mol. The number of aliphatic carboxylic acids is 1. The number of carbonyl (C=O) groups is 1. The summed E-state index contributed by atoms with van der Waals surface area (Å²) < 4.78 is 0. The van der Waals surface area contributed by atoms with E-state index in [0.29, 0.717) is 5.02 Å². The van der Waals surface area contributed by atoms with Gasteiger partial charge in [0.2, 0.25) is 0 Å². The SMILES string of the molecule is CC(C(=O)O)C1CCC/C(=N\Nc2ccc(Cl)cc2)C1(C)N1CCCC1. The molecule has 1 aliphatic heterocycles. The van der Waals surface area contributed by atoms with Gasteiger partial charge >= 0.3 is 5.97 Å². The fourth-order valence-electron chi connectivity index (χ4n) is 4.57. The van der Waals surface area contributed by atoms with Gasteiger partial charge < -0.3 is 5.11 Å². The molecule has 1 aromatic carbocycles. The van der Waals surface area contributed by atoms with Gasteiger partial charge in [-0.05, 0) is 82.3 Å². The van der Waals surface area contributed by atoms with Gasteiger partial charge in [0.15, 0.2) is 0 Å². The normalized spacial score (nSPS) is 29.7. The molecule has 1 heterocycles. The van der Waals surface area contributed by atoms with Gasteiger partial charge in [0.1, 0.15) is 0 Å². The first-order valence-electron chi connectivity index (χ1n) is 9.49. The Labute approximate surface area is 160 Å². The van der Waals surface area contributed by atoms with Crippen LogP contribution in [-0.4, -0.2) is 40.3 Å². The lowest BCUT2D eigenvalue weighted by atomic mass is 9.66. The van der Waals surface area contributed by atoms with Crippen LogP contribution in [0.5, 0.6) is 0 Å². The molecule has 1 aliphatic carbocycles. The minimum absolute atomic E-state index is 0.0672. The molecule has 0 spiro atoms. The van der Waals surface area contributed by atoms with Gasteiger partial charge in [-0.1, -0.05) is 18.5 Å². The molecular weight excluding hydrogens is 350 g/mol. The third kappa shape index (κ3) is 3.74. The van der Waals surface area contributed by atoms with Crippen molar-refractivity contribution in [2.45, 2.75) is 51.5 Å². The van der Waals surface area contributed by atoms with Crippen LogP contribution >= 0.6 is 11.6 Å². The molecule has 2 fully saturated rings. The van der Waals surface area contributed by atoms with Crippen molar-refractivity contribution in [2.75, 3.05) is 18.5 Å². The Morgan fingerprint density at radius 3 is 2.58 bits per heavy atom. The summed E-state index contributed by atoms with van der Waals surface area (Å²) in [5, 5.41) is 15.1. The molecule has 3 atom stereocenters. The van der Waals surface area contributed by atoms with Crippen LogP contribution in [0.1, 0.15) is 46.0 Å². The van der Waals surface area contributed by atoms with Crippen molar-refractivity contribution in [3.8, 4) is 0 Å². The first kappa shape index (κ1) is 19.2. The van der Waals surface area contributed by atoms with Crippen molar-refractivity contribution in [2.24, 2.45) is 16.9 Å². The van der Waals surface area contributed by atoms with Gasteiger partial charge in [-0.15, -0.1) is 0 Å². The van der Waals surface area contributed by atoms with E-state index in [1.807, 2.05) is 31.2 Å². The fraction of sp³-hybridized carbons (Fsp3) is 0.600. The molecule has 6 heteroatoms. The maximum atomic E-state index is 11.7. The Morgan fingerprint density at radius 2 is 1.96 bits per heavy atom. The second-order valence-electron chi connectivity index (χ2n) is 7.64. The van der Waals surface area contributed by atoms with E-state index in [1.54, 1.807) is 0 Å². The predicted octanol–water partition coefficient (Wildman–Crippen LogP) is 4.48. The molecule has 142 valence electrons. The Balaban J connectivity index is 1.91. The number of hydrogen-bond acceptors (Lipinski definition) is 4. The summed E-state index contributed by atoms with van der Waals surface area (Å²) in [6, 6.07) is 7.47. The van der Waals surface area contributed by atoms with E-state index in [0.717, 1.165) is 43.8 Å². The second-order valence-corrected chi connectivity index (χ2v) is 8.08. The van der Waals surface area contributed by atoms with Crippen LogP contribution in [0.3, 0.4) is 0 Å². The van der Waals surface area contributed by atoms with E-state index in [2.05, 4.69) is 17.2 Å². The van der Waals surface area contributed by atoms with Crippen LogP contribution in [0.4, 0.5) is 5.69 Å². The van der Waals surface area contributed by atoms with E-state index in [-0.39, 0.29) is 17.4 Å². The zero-order chi connectivity index (χ0) is 18.7. The molecule has 0 amide bonds. The van der Waals surface area contributed by atoms with Crippen LogP contribution in [0.25, 0.3) is 0 Å². The number of benzene rings is 1. The smallest absolute Gasteiger partial charge is 0.306 e. The van der Waals surface area contributed by atoms with Gasteiger partial charge in [0.05, 0.1) is 22.9 Å². The Morgan fingerprint density at radius 1 is 1.31 bits per heavy atom. The van der Waals surface area contributed by atoms with Crippen LogP contribution in [0, 0.1) is 11.8 Å². The minimum atomic E-state index is -0.715. The van der Waals surface area contributed by atoms with Crippen molar-refractivity contribution in [3.05, 3.63) is 29.3 Å². The number of anilines is 1. The summed E-state index contributed by atoms with van der Waals surface area (Å²) in [7, 11) is 0. The lowest BCUT2D eigenvalue weighted by molar-refractivity contribution is -0.144. The highest BCUT2D eigenvalue weighted by atomic mass is 35.5. The number of nitrogens with one attached hydrogen (secondary N) is 1. The fourth-order valence-corrected chi connectivity index (χ4v) is 4.70. The third-order valence-corrected chi connectivity index (χ3v) is 6.41. The summed E-state index contributed by atoms with van der Waals surface area (Å²) in [5.41, 5.74) is 4.81. The summed E-state index contributed by atoms with van der Waals surface area (Å²) in [6.07, 6.45) is 5.15. The molecule has 1 saturated heterocycles. The van der Waals surface area contributed by atoms with Gasteiger partial charge in [0, 0.05) is 5.02 Å². The molecule has 3 unspecified atom stereocenters. The zero-order valence-electron chi connectivity index (χ0n) is 15.5. The van der Waals surface area contributed by atoms with Crippen LogP contribution in [0.15, 0.2) is 29.4 Å². The molecule has 1 aromatic rings. The number of rotatable bonds is 5. The number of hydrogen-bond donors (Lipinski definition) is 2. The molecule has 0 aromatic heterocycles. The summed E-state index contributed by atoms with van der Waals surface area (Å²) >= 11 is 5.95. The molecule has 0 bridgehead atoms. The van der Waals surface area contributed by atoms with Crippen molar-refractivity contribution < 1.29 is 9.90 Å². The maximum absolute atomic E-state index is 11.7. The van der Waals surface area contributed by atoms with E-state index in [9.17, 15) is 9.90 Å². The lowest BCUT2D eigenvalue weighted by Crippen LogP contribution is -2.60. The molecule has 26 heavy (non-hydrogen) atoms. The second kappa shape index (κ2) is 7.97. The van der Waals surface area contributed by atoms with Gasteiger partial charge in [-0.2, -0.15) is 5.10 Å². The van der Waals surface area contributed by atoms with E-state index >= 15 is 0 Å². The van der Waals surface area contributed by atoms with Crippen LogP contribution in [-0.2, 0) is 4.79 Å². The van der Waals surface area contributed by atoms with Gasteiger partial charge in [0.25, 0.3) is 0 Å². The van der Waals surface area contributed by atoms with Crippen molar-refractivity contribution in [1.29, 1.82) is 0 Å². The number of carboxylic acid groups (broad SMARTS) is 1. The van der Waals surface area contributed by atoms with Crippen molar-refractivity contribution >= 4 is 29.0 Å². The van der Waals surface area contributed by atoms with Gasteiger partial charge in [-0.25, -0.2) is 0 Å². The van der Waals surface area contributed by atoms with Gasteiger partial charge in [-0.3, -0.25) is 15.1 Å². The van der Waals surface area contributed by atoms with E-state index in [1.165, 1.54) is 12.8 Å². The Bertz CT molecular complexity index is 670. The number of hydrazone groups is 1. The summed E-state index contributed by atoms with van der Waals surface area (Å²) in [6.45, 7) is 6.07. The highest BCUT2D eigenvalue weighted by molar-refractivity contribution is 6.30. The Hall–Kier alpha value is -1.59. The van der Waals surface area contributed by atoms with E-state index in [4.69, 9.17) is 16.7 Å². The largest absolute Gasteiger partial charge is 0.481 e. The molecule has 1 saturated carbocycles.